The smallest absolute Gasteiger partial charge is 0.304 e. The highest BCUT2D eigenvalue weighted by atomic mass is 16.4. The third-order valence-electron chi connectivity index (χ3n) is 3.70. The zero-order valence-electron chi connectivity index (χ0n) is 10.7. The molecule has 1 unspecified atom stereocenters. The van der Waals surface area contributed by atoms with E-state index in [2.05, 4.69) is 14.9 Å². The van der Waals surface area contributed by atoms with Crippen LogP contribution in [0, 0.1) is 0 Å². The molecule has 0 aliphatic carbocycles. The number of benzene rings is 1. The predicted molar refractivity (Wildman–Crippen MR) is 71.8 cm³/mol. The fourth-order valence-electron chi connectivity index (χ4n) is 2.81. The van der Waals surface area contributed by atoms with Crippen LogP contribution in [-0.4, -0.2) is 38.5 Å². The van der Waals surface area contributed by atoms with E-state index >= 15 is 0 Å². The Morgan fingerprint density at radius 3 is 3.11 bits per heavy atom. The van der Waals surface area contributed by atoms with Crippen molar-refractivity contribution in [3.63, 3.8) is 0 Å². The SMILES string of the molecule is O=C(O)CC1CCCN1Cc1nc2ccccc2[nH]1. The van der Waals surface area contributed by atoms with Gasteiger partial charge in [-0.2, -0.15) is 0 Å². The van der Waals surface area contributed by atoms with Gasteiger partial charge >= 0.3 is 5.97 Å². The Hall–Kier alpha value is -1.88. The topological polar surface area (TPSA) is 69.2 Å². The lowest BCUT2D eigenvalue weighted by molar-refractivity contribution is -0.138. The molecule has 1 aromatic heterocycles. The number of imidazole rings is 1. The summed E-state index contributed by atoms with van der Waals surface area (Å²) >= 11 is 0. The van der Waals surface area contributed by atoms with Gasteiger partial charge in [-0.3, -0.25) is 9.69 Å². The van der Waals surface area contributed by atoms with E-state index in [9.17, 15) is 4.79 Å². The van der Waals surface area contributed by atoms with Crippen LogP contribution in [0.4, 0.5) is 0 Å². The lowest BCUT2D eigenvalue weighted by atomic mass is 10.1. The Bertz CT molecular complexity index is 560. The van der Waals surface area contributed by atoms with Gasteiger partial charge in [-0.15, -0.1) is 0 Å². The summed E-state index contributed by atoms with van der Waals surface area (Å²) in [4.78, 5) is 20.9. The Kier molecular flexibility index (Phi) is 3.21. The second-order valence-corrected chi connectivity index (χ2v) is 5.07. The second-order valence-electron chi connectivity index (χ2n) is 5.07. The van der Waals surface area contributed by atoms with E-state index in [0.717, 1.165) is 36.2 Å². The van der Waals surface area contributed by atoms with Crippen LogP contribution in [0.5, 0.6) is 0 Å². The normalized spacial score (nSPS) is 20.1. The number of rotatable bonds is 4. The fraction of sp³-hybridized carbons (Fsp3) is 0.429. The van der Waals surface area contributed by atoms with Gasteiger partial charge in [0.15, 0.2) is 0 Å². The molecule has 19 heavy (non-hydrogen) atoms. The van der Waals surface area contributed by atoms with E-state index in [1.165, 1.54) is 0 Å². The van der Waals surface area contributed by atoms with Crippen molar-refractivity contribution in [1.29, 1.82) is 0 Å². The summed E-state index contributed by atoms with van der Waals surface area (Å²) < 4.78 is 0. The molecule has 5 heteroatoms. The molecule has 0 radical (unpaired) electrons. The van der Waals surface area contributed by atoms with Crippen LogP contribution < -0.4 is 0 Å². The zero-order valence-corrected chi connectivity index (χ0v) is 10.7. The van der Waals surface area contributed by atoms with Crippen molar-refractivity contribution in [2.45, 2.75) is 31.8 Å². The van der Waals surface area contributed by atoms with Gasteiger partial charge < -0.3 is 10.1 Å². The van der Waals surface area contributed by atoms with Gasteiger partial charge in [0.05, 0.1) is 24.0 Å². The average Bonchev–Trinajstić information content (AvgIpc) is 2.95. The lowest BCUT2D eigenvalue weighted by Gasteiger charge is -2.21. The molecule has 0 saturated carbocycles. The number of H-pyrrole nitrogens is 1. The summed E-state index contributed by atoms with van der Waals surface area (Å²) in [5, 5.41) is 8.92. The van der Waals surface area contributed by atoms with Gasteiger partial charge in [0.25, 0.3) is 0 Å². The number of nitrogens with one attached hydrogen (secondary N) is 1. The maximum atomic E-state index is 10.8. The molecule has 1 aliphatic rings. The number of carboxylic acids is 1. The summed E-state index contributed by atoms with van der Waals surface area (Å²) in [5.74, 6) is 0.194. The highest BCUT2D eigenvalue weighted by Gasteiger charge is 2.27. The third-order valence-corrected chi connectivity index (χ3v) is 3.70. The fourth-order valence-corrected chi connectivity index (χ4v) is 2.81. The first-order valence-electron chi connectivity index (χ1n) is 6.62. The standard InChI is InChI=1S/C14H17N3O2/c18-14(19)8-10-4-3-7-17(10)9-13-15-11-5-1-2-6-12(11)16-13/h1-2,5-6,10H,3-4,7-9H2,(H,15,16)(H,18,19). The quantitative estimate of drug-likeness (QED) is 0.881. The number of para-hydroxylation sites is 2. The Balaban J connectivity index is 1.74. The minimum Gasteiger partial charge on any atom is -0.481 e. The van der Waals surface area contributed by atoms with Crippen LogP contribution in [-0.2, 0) is 11.3 Å². The minimum atomic E-state index is -0.721. The van der Waals surface area contributed by atoms with Crippen LogP contribution in [0.1, 0.15) is 25.1 Å². The van der Waals surface area contributed by atoms with Gasteiger partial charge in [-0.1, -0.05) is 12.1 Å². The van der Waals surface area contributed by atoms with Gasteiger partial charge in [-0.05, 0) is 31.5 Å². The van der Waals surface area contributed by atoms with E-state index in [1.807, 2.05) is 24.3 Å². The average molecular weight is 259 g/mol. The lowest BCUT2D eigenvalue weighted by Crippen LogP contribution is -2.31. The van der Waals surface area contributed by atoms with Crippen molar-refractivity contribution in [3.05, 3.63) is 30.1 Å². The first-order chi connectivity index (χ1) is 9.22. The molecule has 2 N–H and O–H groups in total. The number of aromatic amines is 1. The van der Waals surface area contributed by atoms with E-state index in [-0.39, 0.29) is 12.5 Å². The molecular formula is C14H17N3O2. The van der Waals surface area contributed by atoms with Gasteiger partial charge in [-0.25, -0.2) is 4.98 Å². The Morgan fingerprint density at radius 1 is 1.47 bits per heavy atom. The van der Waals surface area contributed by atoms with Crippen molar-refractivity contribution in [3.8, 4) is 0 Å². The molecule has 0 amide bonds. The van der Waals surface area contributed by atoms with Crippen LogP contribution in [0.2, 0.25) is 0 Å². The molecule has 1 fully saturated rings. The largest absolute Gasteiger partial charge is 0.481 e. The summed E-state index contributed by atoms with van der Waals surface area (Å²) in [5.41, 5.74) is 2.00. The summed E-state index contributed by atoms with van der Waals surface area (Å²) in [6.07, 6.45) is 2.25. The van der Waals surface area contributed by atoms with Crippen molar-refractivity contribution in [2.24, 2.45) is 0 Å². The zero-order chi connectivity index (χ0) is 13.2. The van der Waals surface area contributed by atoms with Gasteiger partial charge in [0.1, 0.15) is 5.82 Å². The number of carboxylic acid groups (broad SMARTS) is 1. The van der Waals surface area contributed by atoms with Crippen molar-refractivity contribution < 1.29 is 9.90 Å². The molecule has 100 valence electrons. The molecule has 1 atom stereocenters. The van der Waals surface area contributed by atoms with E-state index in [0.29, 0.717) is 6.54 Å². The first-order valence-corrected chi connectivity index (χ1v) is 6.62. The number of fused-ring (bicyclic) bond motifs is 1. The molecule has 2 aromatic rings. The van der Waals surface area contributed by atoms with E-state index in [1.54, 1.807) is 0 Å². The number of likely N-dealkylation sites (tertiary alicyclic amines) is 1. The van der Waals surface area contributed by atoms with Crippen molar-refractivity contribution in [1.82, 2.24) is 14.9 Å². The number of nitrogens with zero attached hydrogens (tertiary/aromatic N) is 2. The summed E-state index contributed by atoms with van der Waals surface area (Å²) in [7, 11) is 0. The molecule has 1 aliphatic heterocycles. The Labute approximate surface area is 111 Å². The second kappa shape index (κ2) is 5.01. The van der Waals surface area contributed by atoms with E-state index < -0.39 is 5.97 Å². The molecule has 5 nitrogen and oxygen atoms in total. The Morgan fingerprint density at radius 2 is 2.32 bits per heavy atom. The maximum Gasteiger partial charge on any atom is 0.304 e. The number of aromatic nitrogens is 2. The minimum absolute atomic E-state index is 0.144. The molecule has 3 rings (SSSR count). The molecule has 1 saturated heterocycles. The first kappa shape index (κ1) is 12.2. The summed E-state index contributed by atoms with van der Waals surface area (Å²) in [6.45, 7) is 1.65. The van der Waals surface area contributed by atoms with Crippen molar-refractivity contribution >= 4 is 17.0 Å². The monoisotopic (exact) mass is 259 g/mol. The molecule has 2 heterocycles. The molecule has 0 spiro atoms. The van der Waals surface area contributed by atoms with Gasteiger partial charge in [0.2, 0.25) is 0 Å². The van der Waals surface area contributed by atoms with Crippen LogP contribution in [0.15, 0.2) is 24.3 Å². The highest BCUT2D eigenvalue weighted by Crippen LogP contribution is 2.22. The number of carbonyl (C=O) groups is 1. The molecule has 0 bridgehead atoms. The predicted octanol–water partition coefficient (Wildman–Crippen LogP) is 2.00. The number of aliphatic carboxylic acids is 1. The van der Waals surface area contributed by atoms with Crippen LogP contribution in [0.25, 0.3) is 11.0 Å². The van der Waals surface area contributed by atoms with Crippen LogP contribution in [0.3, 0.4) is 0 Å². The summed E-state index contributed by atoms with van der Waals surface area (Å²) in [6, 6.07) is 8.08. The highest BCUT2D eigenvalue weighted by molar-refractivity contribution is 5.74. The molecule has 1 aromatic carbocycles. The van der Waals surface area contributed by atoms with Crippen LogP contribution >= 0.6 is 0 Å². The van der Waals surface area contributed by atoms with Crippen molar-refractivity contribution in [2.75, 3.05) is 6.54 Å². The van der Waals surface area contributed by atoms with E-state index in [4.69, 9.17) is 5.11 Å². The number of hydrogen-bond acceptors (Lipinski definition) is 3. The third kappa shape index (κ3) is 2.61. The molecular weight excluding hydrogens is 242 g/mol. The maximum absolute atomic E-state index is 10.8. The number of hydrogen-bond donors (Lipinski definition) is 2. The van der Waals surface area contributed by atoms with Gasteiger partial charge in [0, 0.05) is 6.04 Å².